The zero-order valence-corrected chi connectivity index (χ0v) is 11.6. The Morgan fingerprint density at radius 1 is 1.42 bits per heavy atom. The molecule has 0 aromatic carbocycles. The van der Waals surface area contributed by atoms with Crippen LogP contribution in [0.2, 0.25) is 0 Å². The van der Waals surface area contributed by atoms with Gasteiger partial charge in [0.15, 0.2) is 5.82 Å². The standard InChI is InChI=1S/C12H16N4O2S/c1-2-8-13-14-11-16(8)15-9(19-11)7-12(10(17)18)5-3-4-6-12/h2-7H2,1H3,(H,17,18). The topological polar surface area (TPSA) is 80.4 Å². The van der Waals surface area contributed by atoms with Crippen molar-refractivity contribution in [2.75, 3.05) is 0 Å². The lowest BCUT2D eigenvalue weighted by molar-refractivity contribution is -0.148. The highest BCUT2D eigenvalue weighted by Gasteiger charge is 2.42. The fourth-order valence-corrected chi connectivity index (χ4v) is 3.79. The Morgan fingerprint density at radius 3 is 2.79 bits per heavy atom. The third kappa shape index (κ3) is 2.01. The molecule has 1 N–H and O–H groups in total. The van der Waals surface area contributed by atoms with Crippen molar-refractivity contribution < 1.29 is 9.90 Å². The van der Waals surface area contributed by atoms with Gasteiger partial charge in [0, 0.05) is 12.8 Å². The normalized spacial score (nSPS) is 18.2. The number of rotatable bonds is 4. The summed E-state index contributed by atoms with van der Waals surface area (Å²) in [5.41, 5.74) is -0.615. The van der Waals surface area contributed by atoms with Gasteiger partial charge in [-0.25, -0.2) is 0 Å². The van der Waals surface area contributed by atoms with Crippen LogP contribution in [0, 0.1) is 5.41 Å². The molecule has 2 aromatic heterocycles. The third-order valence-corrected chi connectivity index (χ3v) is 4.82. The van der Waals surface area contributed by atoms with E-state index < -0.39 is 11.4 Å². The fourth-order valence-electron chi connectivity index (χ4n) is 2.80. The number of carbonyl (C=O) groups is 1. The van der Waals surface area contributed by atoms with E-state index in [0.717, 1.165) is 47.9 Å². The summed E-state index contributed by atoms with van der Waals surface area (Å²) in [6.07, 6.45) is 4.79. The molecule has 1 aliphatic carbocycles. The Morgan fingerprint density at radius 2 is 2.16 bits per heavy atom. The van der Waals surface area contributed by atoms with Crippen molar-refractivity contribution in [2.24, 2.45) is 5.41 Å². The van der Waals surface area contributed by atoms with Crippen LogP contribution in [0.4, 0.5) is 0 Å². The lowest BCUT2D eigenvalue weighted by atomic mass is 9.83. The van der Waals surface area contributed by atoms with Gasteiger partial charge in [0.2, 0.25) is 4.96 Å². The van der Waals surface area contributed by atoms with Gasteiger partial charge in [-0.15, -0.1) is 10.2 Å². The Labute approximate surface area is 114 Å². The summed E-state index contributed by atoms with van der Waals surface area (Å²) in [5, 5.41) is 22.9. The van der Waals surface area contributed by atoms with Crippen molar-refractivity contribution in [3.05, 3.63) is 10.8 Å². The first-order valence-electron chi connectivity index (χ1n) is 6.58. The van der Waals surface area contributed by atoms with E-state index in [-0.39, 0.29) is 0 Å². The molecule has 0 aliphatic heterocycles. The second-order valence-electron chi connectivity index (χ2n) is 5.13. The smallest absolute Gasteiger partial charge is 0.310 e. The van der Waals surface area contributed by atoms with Crippen molar-refractivity contribution in [1.29, 1.82) is 0 Å². The van der Waals surface area contributed by atoms with Crippen LogP contribution >= 0.6 is 11.3 Å². The minimum atomic E-state index is -0.688. The molecule has 7 heteroatoms. The summed E-state index contributed by atoms with van der Waals surface area (Å²) >= 11 is 1.45. The minimum absolute atomic E-state index is 0.513. The minimum Gasteiger partial charge on any atom is -0.481 e. The van der Waals surface area contributed by atoms with Crippen molar-refractivity contribution in [2.45, 2.75) is 45.4 Å². The summed E-state index contributed by atoms with van der Waals surface area (Å²) in [4.78, 5) is 12.3. The van der Waals surface area contributed by atoms with Gasteiger partial charge in [0.1, 0.15) is 5.01 Å². The zero-order chi connectivity index (χ0) is 13.5. The second-order valence-corrected chi connectivity index (χ2v) is 6.17. The van der Waals surface area contributed by atoms with E-state index in [0.29, 0.717) is 6.42 Å². The molecule has 0 bridgehead atoms. The molecule has 0 amide bonds. The lowest BCUT2D eigenvalue weighted by Gasteiger charge is -2.21. The molecule has 3 rings (SSSR count). The number of carboxylic acid groups (broad SMARTS) is 1. The number of aromatic nitrogens is 4. The van der Waals surface area contributed by atoms with Crippen molar-refractivity contribution in [3.63, 3.8) is 0 Å². The number of fused-ring (bicyclic) bond motifs is 1. The van der Waals surface area contributed by atoms with Crippen LogP contribution in [-0.2, 0) is 17.6 Å². The molecule has 1 aliphatic rings. The van der Waals surface area contributed by atoms with Crippen molar-refractivity contribution in [1.82, 2.24) is 19.8 Å². The zero-order valence-electron chi connectivity index (χ0n) is 10.8. The highest BCUT2D eigenvalue weighted by molar-refractivity contribution is 7.16. The van der Waals surface area contributed by atoms with Gasteiger partial charge in [-0.05, 0) is 12.8 Å². The van der Waals surface area contributed by atoms with Gasteiger partial charge in [-0.2, -0.15) is 9.61 Å². The number of hydrogen-bond acceptors (Lipinski definition) is 5. The highest BCUT2D eigenvalue weighted by Crippen LogP contribution is 2.41. The molecule has 0 spiro atoms. The van der Waals surface area contributed by atoms with Crippen LogP contribution in [0.15, 0.2) is 0 Å². The van der Waals surface area contributed by atoms with Gasteiger partial charge in [-0.3, -0.25) is 4.79 Å². The predicted octanol–water partition coefficient (Wildman–Crippen LogP) is 1.94. The van der Waals surface area contributed by atoms with Crippen LogP contribution in [0.3, 0.4) is 0 Å². The molecule has 1 saturated carbocycles. The quantitative estimate of drug-likeness (QED) is 0.925. The van der Waals surface area contributed by atoms with E-state index in [1.165, 1.54) is 11.3 Å². The largest absolute Gasteiger partial charge is 0.481 e. The van der Waals surface area contributed by atoms with Gasteiger partial charge in [-0.1, -0.05) is 31.1 Å². The molecule has 0 saturated heterocycles. The second kappa shape index (κ2) is 4.56. The lowest BCUT2D eigenvalue weighted by Crippen LogP contribution is -2.30. The molecule has 0 unspecified atom stereocenters. The van der Waals surface area contributed by atoms with Crippen LogP contribution in [0.5, 0.6) is 0 Å². The molecule has 19 heavy (non-hydrogen) atoms. The fraction of sp³-hybridized carbons (Fsp3) is 0.667. The molecule has 0 radical (unpaired) electrons. The summed E-state index contributed by atoms with van der Waals surface area (Å²) in [7, 11) is 0. The van der Waals surface area contributed by atoms with Gasteiger partial charge < -0.3 is 5.11 Å². The Hall–Kier alpha value is -1.50. The van der Waals surface area contributed by atoms with Crippen molar-refractivity contribution in [3.8, 4) is 0 Å². The third-order valence-electron chi connectivity index (χ3n) is 3.92. The van der Waals surface area contributed by atoms with E-state index >= 15 is 0 Å². The van der Waals surface area contributed by atoms with Gasteiger partial charge in [0.05, 0.1) is 5.41 Å². The SMILES string of the molecule is CCc1nnc2sc(CC3(C(=O)O)CCCC3)nn12. The Bertz CT molecular complexity index is 612. The monoisotopic (exact) mass is 280 g/mol. The number of aliphatic carboxylic acids is 1. The summed E-state index contributed by atoms with van der Waals surface area (Å²) in [6.45, 7) is 2.01. The van der Waals surface area contributed by atoms with E-state index in [1.54, 1.807) is 4.52 Å². The maximum atomic E-state index is 11.5. The molecule has 0 atom stereocenters. The number of nitrogens with zero attached hydrogens (tertiary/aromatic N) is 4. The number of carboxylic acids is 1. The highest BCUT2D eigenvalue weighted by atomic mass is 32.1. The molecule has 1 fully saturated rings. The van der Waals surface area contributed by atoms with Crippen LogP contribution in [-0.4, -0.2) is 30.9 Å². The van der Waals surface area contributed by atoms with E-state index in [1.807, 2.05) is 6.92 Å². The molecular formula is C12H16N4O2S. The molecule has 2 aromatic rings. The number of aryl methyl sites for hydroxylation is 1. The Kier molecular flexibility index (Phi) is 3.00. The first-order valence-corrected chi connectivity index (χ1v) is 7.40. The maximum absolute atomic E-state index is 11.5. The van der Waals surface area contributed by atoms with Gasteiger partial charge in [0.25, 0.3) is 0 Å². The van der Waals surface area contributed by atoms with E-state index in [2.05, 4.69) is 15.3 Å². The molecule has 102 valence electrons. The number of hydrogen-bond donors (Lipinski definition) is 1. The average molecular weight is 280 g/mol. The van der Waals surface area contributed by atoms with Crippen LogP contribution in [0.1, 0.15) is 43.4 Å². The summed E-state index contributed by atoms with van der Waals surface area (Å²) in [5.74, 6) is 0.139. The molecule has 6 nitrogen and oxygen atoms in total. The molecule has 2 heterocycles. The summed E-state index contributed by atoms with van der Waals surface area (Å²) < 4.78 is 1.74. The van der Waals surface area contributed by atoms with E-state index in [9.17, 15) is 9.90 Å². The van der Waals surface area contributed by atoms with Crippen LogP contribution < -0.4 is 0 Å². The van der Waals surface area contributed by atoms with Crippen LogP contribution in [0.25, 0.3) is 4.96 Å². The summed E-state index contributed by atoms with van der Waals surface area (Å²) in [6, 6.07) is 0. The Balaban J connectivity index is 1.92. The first-order chi connectivity index (χ1) is 9.14. The van der Waals surface area contributed by atoms with Gasteiger partial charge >= 0.3 is 5.97 Å². The van der Waals surface area contributed by atoms with E-state index in [4.69, 9.17) is 0 Å². The predicted molar refractivity (Wildman–Crippen MR) is 70.3 cm³/mol. The molecular weight excluding hydrogens is 264 g/mol. The van der Waals surface area contributed by atoms with Crippen molar-refractivity contribution >= 4 is 22.3 Å². The average Bonchev–Trinajstić information content (AvgIpc) is 3.04. The first kappa shape index (κ1) is 12.5. The maximum Gasteiger partial charge on any atom is 0.310 e.